The van der Waals surface area contributed by atoms with E-state index in [0.717, 1.165) is 20.9 Å². The maximum absolute atomic E-state index is 13.1. The van der Waals surface area contributed by atoms with Crippen molar-refractivity contribution in [2.24, 2.45) is 5.73 Å². The van der Waals surface area contributed by atoms with Gasteiger partial charge < -0.3 is 11.1 Å². The van der Waals surface area contributed by atoms with Crippen LogP contribution in [0.1, 0.15) is 29.8 Å². The second-order valence-electron chi connectivity index (χ2n) is 6.28. The summed E-state index contributed by atoms with van der Waals surface area (Å²) in [5.74, 6) is -0.699. The number of anilines is 1. The number of rotatable bonds is 5. The lowest BCUT2D eigenvalue weighted by Crippen LogP contribution is -2.27. The van der Waals surface area contributed by atoms with Crippen LogP contribution in [0, 0.1) is 5.82 Å². The van der Waals surface area contributed by atoms with Gasteiger partial charge in [0.15, 0.2) is 5.13 Å². The topological polar surface area (TPSA) is 68.0 Å². The molecule has 0 saturated heterocycles. The molecule has 0 aliphatic carbocycles. The fourth-order valence-electron chi connectivity index (χ4n) is 2.52. The van der Waals surface area contributed by atoms with Gasteiger partial charge in [-0.2, -0.15) is 0 Å². The van der Waals surface area contributed by atoms with Crippen LogP contribution < -0.4 is 11.1 Å². The summed E-state index contributed by atoms with van der Waals surface area (Å²) in [4.78, 5) is 16.0. The lowest BCUT2D eigenvalue weighted by Gasteiger charge is -2.25. The van der Waals surface area contributed by atoms with Crippen molar-refractivity contribution in [1.29, 1.82) is 0 Å². The standard InChI is InChI=1S/C18H18FN3OS/c1-18(2,11-6-8-12(19)9-7-11)10-21-17-22-14-5-3-4-13(16(20)23)15(14)24-17/h3-9H,10H2,1-2H3,(H2,20,23)(H,21,22). The fourth-order valence-corrected chi connectivity index (χ4v) is 3.50. The van der Waals surface area contributed by atoms with E-state index in [2.05, 4.69) is 24.1 Å². The Morgan fingerprint density at radius 1 is 1.25 bits per heavy atom. The summed E-state index contributed by atoms with van der Waals surface area (Å²) in [6.07, 6.45) is 0. The molecule has 0 aliphatic heterocycles. The molecule has 1 heterocycles. The van der Waals surface area contributed by atoms with Gasteiger partial charge in [0.2, 0.25) is 5.91 Å². The molecule has 2 aromatic carbocycles. The highest BCUT2D eigenvalue weighted by molar-refractivity contribution is 7.22. The van der Waals surface area contributed by atoms with Gasteiger partial charge in [-0.1, -0.05) is 43.4 Å². The number of thiazole rings is 1. The van der Waals surface area contributed by atoms with Crippen LogP contribution in [0.4, 0.5) is 9.52 Å². The third kappa shape index (κ3) is 3.23. The van der Waals surface area contributed by atoms with Gasteiger partial charge in [0, 0.05) is 12.0 Å². The number of hydrogen-bond acceptors (Lipinski definition) is 4. The molecule has 0 atom stereocenters. The highest BCUT2D eigenvalue weighted by atomic mass is 32.1. The van der Waals surface area contributed by atoms with E-state index >= 15 is 0 Å². The highest BCUT2D eigenvalue weighted by Crippen LogP contribution is 2.30. The molecule has 3 N–H and O–H groups in total. The number of nitrogens with two attached hydrogens (primary N) is 1. The molecule has 6 heteroatoms. The first-order valence-electron chi connectivity index (χ1n) is 7.56. The molecule has 4 nitrogen and oxygen atoms in total. The molecular formula is C18H18FN3OS. The number of halogens is 1. The van der Waals surface area contributed by atoms with Crippen LogP contribution >= 0.6 is 11.3 Å². The fraction of sp³-hybridized carbons (Fsp3) is 0.222. The second kappa shape index (κ2) is 6.20. The quantitative estimate of drug-likeness (QED) is 0.738. The number of primary amides is 1. The maximum Gasteiger partial charge on any atom is 0.250 e. The van der Waals surface area contributed by atoms with Gasteiger partial charge in [0.05, 0.1) is 15.8 Å². The van der Waals surface area contributed by atoms with Gasteiger partial charge in [-0.25, -0.2) is 9.37 Å². The number of nitrogens with one attached hydrogen (secondary N) is 1. The number of aromatic nitrogens is 1. The zero-order chi connectivity index (χ0) is 17.3. The summed E-state index contributed by atoms with van der Waals surface area (Å²) >= 11 is 1.41. The number of carbonyl (C=O) groups excluding carboxylic acids is 1. The normalized spacial score (nSPS) is 11.6. The number of fused-ring (bicyclic) bond motifs is 1. The molecule has 0 spiro atoms. The minimum absolute atomic E-state index is 0.196. The van der Waals surface area contributed by atoms with E-state index in [4.69, 9.17) is 5.73 Å². The molecule has 0 unspecified atom stereocenters. The third-order valence-electron chi connectivity index (χ3n) is 3.99. The highest BCUT2D eigenvalue weighted by Gasteiger charge is 2.21. The summed E-state index contributed by atoms with van der Waals surface area (Å²) in [6.45, 7) is 4.79. The van der Waals surface area contributed by atoms with Crippen molar-refractivity contribution in [3.63, 3.8) is 0 Å². The molecular weight excluding hydrogens is 325 g/mol. The average Bonchev–Trinajstić information content (AvgIpc) is 2.96. The molecule has 3 rings (SSSR count). The van der Waals surface area contributed by atoms with Crippen molar-refractivity contribution in [1.82, 2.24) is 4.98 Å². The Hall–Kier alpha value is -2.47. The van der Waals surface area contributed by atoms with E-state index in [1.807, 2.05) is 6.07 Å². The predicted molar refractivity (Wildman–Crippen MR) is 96.1 cm³/mol. The van der Waals surface area contributed by atoms with E-state index < -0.39 is 5.91 Å². The zero-order valence-corrected chi connectivity index (χ0v) is 14.3. The van der Waals surface area contributed by atoms with E-state index in [1.165, 1.54) is 23.5 Å². The lowest BCUT2D eigenvalue weighted by atomic mass is 9.85. The number of nitrogens with zero attached hydrogens (tertiary/aromatic N) is 1. The van der Waals surface area contributed by atoms with Crippen LogP contribution in [0.5, 0.6) is 0 Å². The van der Waals surface area contributed by atoms with E-state index in [1.54, 1.807) is 24.3 Å². The van der Waals surface area contributed by atoms with Crippen molar-refractivity contribution in [2.75, 3.05) is 11.9 Å². The first-order chi connectivity index (χ1) is 11.4. The largest absolute Gasteiger partial charge is 0.366 e. The van der Waals surface area contributed by atoms with Crippen LogP contribution in [0.25, 0.3) is 10.2 Å². The predicted octanol–water partition coefficient (Wildman–Crippen LogP) is 3.92. The van der Waals surface area contributed by atoms with Crippen LogP contribution in [-0.4, -0.2) is 17.4 Å². The minimum Gasteiger partial charge on any atom is -0.366 e. The molecule has 0 saturated carbocycles. The molecule has 0 fully saturated rings. The van der Waals surface area contributed by atoms with Crippen LogP contribution in [-0.2, 0) is 5.41 Å². The Balaban J connectivity index is 1.81. The molecule has 1 aromatic heterocycles. The molecule has 0 aliphatic rings. The van der Waals surface area contributed by atoms with Crippen molar-refractivity contribution in [2.45, 2.75) is 19.3 Å². The van der Waals surface area contributed by atoms with Crippen molar-refractivity contribution < 1.29 is 9.18 Å². The maximum atomic E-state index is 13.1. The molecule has 24 heavy (non-hydrogen) atoms. The van der Waals surface area contributed by atoms with Crippen LogP contribution in [0.3, 0.4) is 0 Å². The number of benzene rings is 2. The Morgan fingerprint density at radius 3 is 2.62 bits per heavy atom. The monoisotopic (exact) mass is 343 g/mol. The molecule has 0 radical (unpaired) electrons. The number of hydrogen-bond donors (Lipinski definition) is 2. The minimum atomic E-state index is -0.456. The molecule has 3 aromatic rings. The third-order valence-corrected chi connectivity index (χ3v) is 5.05. The summed E-state index contributed by atoms with van der Waals surface area (Å²) < 4.78 is 13.9. The number of amides is 1. The summed E-state index contributed by atoms with van der Waals surface area (Å²) in [5, 5.41) is 4.05. The Morgan fingerprint density at radius 2 is 1.96 bits per heavy atom. The SMILES string of the molecule is CC(C)(CNc1nc2cccc(C(N)=O)c2s1)c1ccc(F)cc1. The van der Waals surface area contributed by atoms with Gasteiger partial charge in [-0.15, -0.1) is 0 Å². The first kappa shape index (κ1) is 16.4. The zero-order valence-electron chi connectivity index (χ0n) is 13.5. The van der Waals surface area contributed by atoms with E-state index in [9.17, 15) is 9.18 Å². The van der Waals surface area contributed by atoms with Crippen molar-refractivity contribution >= 4 is 32.6 Å². The van der Waals surface area contributed by atoms with Gasteiger partial charge >= 0.3 is 0 Å². The van der Waals surface area contributed by atoms with E-state index in [0.29, 0.717) is 12.1 Å². The Bertz CT molecular complexity index is 887. The van der Waals surface area contributed by atoms with Crippen LogP contribution in [0.2, 0.25) is 0 Å². The van der Waals surface area contributed by atoms with Crippen molar-refractivity contribution in [3.05, 3.63) is 59.4 Å². The summed E-state index contributed by atoms with van der Waals surface area (Å²) in [7, 11) is 0. The summed E-state index contributed by atoms with van der Waals surface area (Å²) in [5.41, 5.74) is 7.48. The van der Waals surface area contributed by atoms with Gasteiger partial charge in [-0.05, 0) is 29.8 Å². The summed E-state index contributed by atoms with van der Waals surface area (Å²) in [6, 6.07) is 11.8. The average molecular weight is 343 g/mol. The number of carbonyl (C=O) groups is 1. The second-order valence-corrected chi connectivity index (χ2v) is 7.28. The van der Waals surface area contributed by atoms with E-state index in [-0.39, 0.29) is 11.2 Å². The van der Waals surface area contributed by atoms with Crippen LogP contribution in [0.15, 0.2) is 42.5 Å². The molecule has 1 amide bonds. The van der Waals surface area contributed by atoms with Gasteiger partial charge in [0.1, 0.15) is 5.82 Å². The van der Waals surface area contributed by atoms with Crippen molar-refractivity contribution in [3.8, 4) is 0 Å². The first-order valence-corrected chi connectivity index (χ1v) is 8.38. The smallest absolute Gasteiger partial charge is 0.250 e. The molecule has 124 valence electrons. The van der Waals surface area contributed by atoms with Gasteiger partial charge in [-0.3, -0.25) is 4.79 Å². The van der Waals surface area contributed by atoms with Gasteiger partial charge in [0.25, 0.3) is 0 Å². The Kier molecular flexibility index (Phi) is 4.24. The Labute approximate surface area is 143 Å². The molecule has 0 bridgehead atoms. The lowest BCUT2D eigenvalue weighted by molar-refractivity contribution is 0.100.